The number of aromatic nitrogens is 3. The highest BCUT2D eigenvalue weighted by Gasteiger charge is 2.21. The Labute approximate surface area is 95.8 Å². The van der Waals surface area contributed by atoms with Crippen LogP contribution in [0.1, 0.15) is 26.2 Å². The SMILES string of the molecule is CC1CNc2nc(N3CCCCC3)nn2C1. The van der Waals surface area contributed by atoms with Crippen molar-refractivity contribution in [3.8, 4) is 0 Å². The summed E-state index contributed by atoms with van der Waals surface area (Å²) < 4.78 is 2.01. The molecule has 0 aromatic carbocycles. The number of nitrogens with one attached hydrogen (secondary N) is 1. The van der Waals surface area contributed by atoms with Crippen molar-refractivity contribution in [3.05, 3.63) is 0 Å². The molecule has 1 atom stereocenters. The van der Waals surface area contributed by atoms with Crippen LogP contribution in [0.4, 0.5) is 11.9 Å². The first-order valence-corrected chi connectivity index (χ1v) is 6.26. The number of rotatable bonds is 1. The maximum absolute atomic E-state index is 4.59. The van der Waals surface area contributed by atoms with E-state index in [1.807, 2.05) is 4.68 Å². The molecule has 5 heteroatoms. The second kappa shape index (κ2) is 3.96. The average molecular weight is 221 g/mol. The van der Waals surface area contributed by atoms with Gasteiger partial charge in [-0.2, -0.15) is 4.98 Å². The third-order valence-electron chi connectivity index (χ3n) is 3.39. The molecule has 1 saturated heterocycles. The summed E-state index contributed by atoms with van der Waals surface area (Å²) in [6.07, 6.45) is 3.89. The maximum atomic E-state index is 4.59. The molecule has 1 N–H and O–H groups in total. The molecule has 0 aliphatic carbocycles. The summed E-state index contributed by atoms with van der Waals surface area (Å²) in [4.78, 5) is 6.88. The van der Waals surface area contributed by atoms with Gasteiger partial charge in [0, 0.05) is 26.2 Å². The van der Waals surface area contributed by atoms with Crippen LogP contribution in [0.15, 0.2) is 0 Å². The van der Waals surface area contributed by atoms with E-state index in [2.05, 4.69) is 27.2 Å². The molecular weight excluding hydrogens is 202 g/mol. The van der Waals surface area contributed by atoms with E-state index in [0.29, 0.717) is 5.92 Å². The van der Waals surface area contributed by atoms with Crippen molar-refractivity contribution < 1.29 is 0 Å². The van der Waals surface area contributed by atoms with Gasteiger partial charge in [-0.25, -0.2) is 4.68 Å². The van der Waals surface area contributed by atoms with Crippen LogP contribution in [0.2, 0.25) is 0 Å². The Hall–Kier alpha value is -1.26. The zero-order chi connectivity index (χ0) is 11.0. The van der Waals surface area contributed by atoms with Crippen LogP contribution in [0.3, 0.4) is 0 Å². The quantitative estimate of drug-likeness (QED) is 0.777. The van der Waals surface area contributed by atoms with Gasteiger partial charge in [0.15, 0.2) is 0 Å². The van der Waals surface area contributed by atoms with Crippen molar-refractivity contribution in [2.24, 2.45) is 5.92 Å². The van der Waals surface area contributed by atoms with Crippen LogP contribution in [0, 0.1) is 5.92 Å². The smallest absolute Gasteiger partial charge is 0.246 e. The summed E-state index contributed by atoms with van der Waals surface area (Å²) in [6.45, 7) is 6.46. The van der Waals surface area contributed by atoms with Crippen molar-refractivity contribution in [2.75, 3.05) is 29.9 Å². The van der Waals surface area contributed by atoms with Crippen LogP contribution in [-0.2, 0) is 6.54 Å². The molecule has 0 amide bonds. The van der Waals surface area contributed by atoms with Gasteiger partial charge in [0.25, 0.3) is 0 Å². The molecule has 1 aromatic heterocycles. The number of hydrogen-bond acceptors (Lipinski definition) is 4. The zero-order valence-electron chi connectivity index (χ0n) is 9.82. The summed E-state index contributed by atoms with van der Waals surface area (Å²) in [5.74, 6) is 2.50. The first-order valence-electron chi connectivity index (χ1n) is 6.26. The minimum Gasteiger partial charge on any atom is -0.354 e. The Morgan fingerprint density at radius 3 is 2.88 bits per heavy atom. The average Bonchev–Trinajstić information content (AvgIpc) is 2.73. The minimum atomic E-state index is 0.642. The molecule has 3 heterocycles. The predicted molar refractivity (Wildman–Crippen MR) is 63.7 cm³/mol. The molecule has 5 nitrogen and oxygen atoms in total. The third kappa shape index (κ3) is 1.74. The Kier molecular flexibility index (Phi) is 2.46. The Balaban J connectivity index is 1.80. The minimum absolute atomic E-state index is 0.642. The monoisotopic (exact) mass is 221 g/mol. The largest absolute Gasteiger partial charge is 0.354 e. The van der Waals surface area contributed by atoms with Gasteiger partial charge in [-0.05, 0) is 25.2 Å². The number of anilines is 2. The van der Waals surface area contributed by atoms with Gasteiger partial charge in [-0.15, -0.1) is 5.10 Å². The molecule has 16 heavy (non-hydrogen) atoms. The standard InChI is InChI=1S/C11H19N5/c1-9-7-12-10-13-11(14-16(10)8-9)15-5-3-2-4-6-15/h9H,2-8H2,1H3,(H,12,13,14). The summed E-state index contributed by atoms with van der Waals surface area (Å²) in [5, 5.41) is 7.93. The van der Waals surface area contributed by atoms with Crippen LogP contribution >= 0.6 is 0 Å². The van der Waals surface area contributed by atoms with Gasteiger partial charge < -0.3 is 10.2 Å². The van der Waals surface area contributed by atoms with Crippen LogP contribution < -0.4 is 10.2 Å². The van der Waals surface area contributed by atoms with E-state index in [9.17, 15) is 0 Å². The Bertz CT molecular complexity index is 366. The highest BCUT2D eigenvalue weighted by atomic mass is 15.5. The van der Waals surface area contributed by atoms with Gasteiger partial charge in [0.1, 0.15) is 0 Å². The number of hydrogen-bond donors (Lipinski definition) is 1. The highest BCUT2D eigenvalue weighted by Crippen LogP contribution is 2.21. The van der Waals surface area contributed by atoms with E-state index in [4.69, 9.17) is 0 Å². The molecule has 0 saturated carbocycles. The van der Waals surface area contributed by atoms with Gasteiger partial charge in [0.05, 0.1) is 0 Å². The lowest BCUT2D eigenvalue weighted by molar-refractivity contribution is 0.442. The first kappa shape index (κ1) is 9.93. The maximum Gasteiger partial charge on any atom is 0.246 e. The number of nitrogens with zero attached hydrogens (tertiary/aromatic N) is 4. The lowest BCUT2D eigenvalue weighted by atomic mass is 10.1. The molecule has 0 spiro atoms. The van der Waals surface area contributed by atoms with Crippen LogP contribution in [0.5, 0.6) is 0 Å². The third-order valence-corrected chi connectivity index (χ3v) is 3.39. The van der Waals surface area contributed by atoms with Gasteiger partial charge >= 0.3 is 0 Å². The topological polar surface area (TPSA) is 46.0 Å². The van der Waals surface area contributed by atoms with Crippen molar-refractivity contribution >= 4 is 11.9 Å². The molecule has 0 bridgehead atoms. The molecule has 2 aliphatic rings. The molecule has 1 fully saturated rings. The summed E-state index contributed by atoms with van der Waals surface area (Å²) >= 11 is 0. The Morgan fingerprint density at radius 1 is 1.25 bits per heavy atom. The molecular formula is C11H19N5. The molecule has 0 radical (unpaired) electrons. The van der Waals surface area contributed by atoms with Gasteiger partial charge in [0.2, 0.25) is 11.9 Å². The highest BCUT2D eigenvalue weighted by molar-refractivity contribution is 5.39. The fraction of sp³-hybridized carbons (Fsp3) is 0.818. The summed E-state index contributed by atoms with van der Waals surface area (Å²) in [6, 6.07) is 0. The molecule has 3 rings (SSSR count). The van der Waals surface area contributed by atoms with Crippen molar-refractivity contribution in [3.63, 3.8) is 0 Å². The molecule has 1 unspecified atom stereocenters. The van der Waals surface area contributed by atoms with Gasteiger partial charge in [-0.1, -0.05) is 6.92 Å². The fourth-order valence-electron chi connectivity index (χ4n) is 2.44. The number of piperidine rings is 1. The van der Waals surface area contributed by atoms with E-state index in [0.717, 1.165) is 38.1 Å². The van der Waals surface area contributed by atoms with E-state index >= 15 is 0 Å². The van der Waals surface area contributed by atoms with Crippen LogP contribution in [-0.4, -0.2) is 34.4 Å². The lowest BCUT2D eigenvalue weighted by Crippen LogP contribution is -2.30. The van der Waals surface area contributed by atoms with Crippen molar-refractivity contribution in [1.29, 1.82) is 0 Å². The zero-order valence-corrected chi connectivity index (χ0v) is 9.82. The normalized spacial score (nSPS) is 25.1. The van der Waals surface area contributed by atoms with E-state index in [1.165, 1.54) is 19.3 Å². The van der Waals surface area contributed by atoms with Gasteiger partial charge in [-0.3, -0.25) is 0 Å². The number of fused-ring (bicyclic) bond motifs is 1. The second-order valence-corrected chi connectivity index (χ2v) is 4.95. The predicted octanol–water partition coefficient (Wildman–Crippen LogP) is 1.33. The second-order valence-electron chi connectivity index (χ2n) is 4.95. The van der Waals surface area contributed by atoms with E-state index in [1.54, 1.807) is 0 Å². The summed E-state index contributed by atoms with van der Waals surface area (Å²) in [7, 11) is 0. The molecule has 1 aromatic rings. The van der Waals surface area contributed by atoms with Crippen molar-refractivity contribution in [1.82, 2.24) is 14.8 Å². The lowest BCUT2D eigenvalue weighted by Gasteiger charge is -2.24. The first-order chi connectivity index (χ1) is 7.83. The fourth-order valence-corrected chi connectivity index (χ4v) is 2.44. The van der Waals surface area contributed by atoms with Crippen LogP contribution in [0.25, 0.3) is 0 Å². The van der Waals surface area contributed by atoms with E-state index in [-0.39, 0.29) is 0 Å². The summed E-state index contributed by atoms with van der Waals surface area (Å²) in [5.41, 5.74) is 0. The molecule has 88 valence electrons. The van der Waals surface area contributed by atoms with Crippen molar-refractivity contribution in [2.45, 2.75) is 32.7 Å². The Morgan fingerprint density at radius 2 is 2.06 bits per heavy atom. The molecule has 2 aliphatic heterocycles. The van der Waals surface area contributed by atoms with E-state index < -0.39 is 0 Å².